The van der Waals surface area contributed by atoms with Gasteiger partial charge in [0, 0.05) is 44.0 Å². The predicted molar refractivity (Wildman–Crippen MR) is 205 cm³/mol. The molecule has 0 bridgehead atoms. The van der Waals surface area contributed by atoms with Crippen LogP contribution in [0.3, 0.4) is 0 Å². The van der Waals surface area contributed by atoms with Crippen LogP contribution in [0.1, 0.15) is 107 Å². The summed E-state index contributed by atoms with van der Waals surface area (Å²) in [6.45, 7) is 14.0. The van der Waals surface area contributed by atoms with E-state index in [1.54, 1.807) is 6.20 Å². The standard InChI is InChI=1S/C28H39N7O.C12H22N2O2/c29-27(36)26-28(33-25(17-31-26)35-16-12-21-9-13-30-24(21)18-35)32-22-7-5-19(6-8-22)20-10-14-34(15-11-20)23-3-1-2-4-23;1-12(2,3)16-11(15)14-7-5-9-4-6-13-8-10(9)14/h5-8,17,20-21,23-24,30H,1-4,9-16,18H2,(H2,29,36)(H,32,33);9-10,13H,4-8H2,1-3H3/t21-,24+;9-,10-/m10/s1. The molecule has 1 aromatic carbocycles. The first-order chi connectivity index (χ1) is 25.1. The summed E-state index contributed by atoms with van der Waals surface area (Å²) in [4.78, 5) is 40.2. The number of nitrogens with one attached hydrogen (secondary N) is 3. The Labute approximate surface area is 310 Å². The lowest BCUT2D eigenvalue weighted by atomic mass is 9.88. The van der Waals surface area contributed by atoms with Crippen LogP contribution < -0.4 is 26.6 Å². The topological polar surface area (TPSA) is 141 Å². The van der Waals surface area contributed by atoms with Crippen molar-refractivity contribution < 1.29 is 14.3 Å². The summed E-state index contributed by atoms with van der Waals surface area (Å²) < 4.78 is 5.43. The minimum Gasteiger partial charge on any atom is -0.444 e. The van der Waals surface area contributed by atoms with E-state index in [0.29, 0.717) is 29.7 Å². The molecule has 5 saturated heterocycles. The van der Waals surface area contributed by atoms with Crippen LogP contribution in [-0.4, -0.2) is 108 Å². The quantitative estimate of drug-likeness (QED) is 0.314. The fourth-order valence-electron chi connectivity index (χ4n) is 9.50. The molecule has 52 heavy (non-hydrogen) atoms. The van der Waals surface area contributed by atoms with Crippen LogP contribution in [0, 0.1) is 11.8 Å². The molecule has 6 fully saturated rings. The van der Waals surface area contributed by atoms with E-state index in [1.807, 2.05) is 25.7 Å². The van der Waals surface area contributed by atoms with Gasteiger partial charge >= 0.3 is 6.09 Å². The molecule has 0 radical (unpaired) electrons. The highest BCUT2D eigenvalue weighted by Gasteiger charge is 2.40. The van der Waals surface area contributed by atoms with E-state index in [0.717, 1.165) is 75.6 Å². The Bertz CT molecular complexity index is 1520. The van der Waals surface area contributed by atoms with E-state index in [4.69, 9.17) is 15.5 Å². The van der Waals surface area contributed by atoms with E-state index >= 15 is 0 Å². The smallest absolute Gasteiger partial charge is 0.410 e. The van der Waals surface area contributed by atoms with Crippen molar-refractivity contribution in [3.63, 3.8) is 0 Å². The highest BCUT2D eigenvalue weighted by Crippen LogP contribution is 2.34. The van der Waals surface area contributed by atoms with Crippen molar-refractivity contribution in [2.24, 2.45) is 17.6 Å². The molecule has 1 saturated carbocycles. The van der Waals surface area contributed by atoms with Gasteiger partial charge in [0.1, 0.15) is 11.4 Å². The molecular formula is C40H61N9O3. The zero-order valence-electron chi connectivity index (χ0n) is 31.6. The molecular weight excluding hydrogens is 654 g/mol. The number of ether oxygens (including phenoxy) is 1. The molecule has 4 atom stereocenters. The van der Waals surface area contributed by atoms with Crippen molar-refractivity contribution in [3.05, 3.63) is 41.7 Å². The summed E-state index contributed by atoms with van der Waals surface area (Å²) in [5.41, 5.74) is 7.71. The Morgan fingerprint density at radius 3 is 2.37 bits per heavy atom. The second kappa shape index (κ2) is 16.3. The maximum Gasteiger partial charge on any atom is 0.410 e. The SMILES string of the molecule is CC(C)(C)OC(=O)N1CC[C@@H]2CCNC[C@@H]21.NC(=O)c1ncc(N2CC[C@H]3CCN[C@H]3C2)nc1Nc1ccc(C2CCN(C3CCCC3)CC2)cc1. The van der Waals surface area contributed by atoms with Crippen LogP contribution in [0.5, 0.6) is 0 Å². The first-order valence-corrected chi connectivity index (χ1v) is 20.1. The van der Waals surface area contributed by atoms with Gasteiger partial charge in [0.05, 0.1) is 12.2 Å². The van der Waals surface area contributed by atoms with Gasteiger partial charge in [-0.25, -0.2) is 14.8 Å². The van der Waals surface area contributed by atoms with Crippen LogP contribution in [0.25, 0.3) is 0 Å². The molecule has 8 rings (SSSR count). The second-order valence-corrected chi connectivity index (χ2v) is 16.9. The Kier molecular flexibility index (Phi) is 11.5. The molecule has 2 amide bonds. The van der Waals surface area contributed by atoms with Gasteiger partial charge in [-0.1, -0.05) is 25.0 Å². The number of piperidine rings is 3. The fourth-order valence-corrected chi connectivity index (χ4v) is 9.50. The van der Waals surface area contributed by atoms with Crippen molar-refractivity contribution in [1.29, 1.82) is 0 Å². The van der Waals surface area contributed by atoms with Crippen molar-refractivity contribution in [2.45, 2.75) is 115 Å². The maximum atomic E-state index is 12.1. The Hall–Kier alpha value is -3.48. The van der Waals surface area contributed by atoms with Crippen molar-refractivity contribution in [1.82, 2.24) is 30.4 Å². The minimum atomic E-state index is -0.571. The van der Waals surface area contributed by atoms with Crippen molar-refractivity contribution in [2.75, 3.05) is 62.6 Å². The third-order valence-electron chi connectivity index (χ3n) is 12.4. The largest absolute Gasteiger partial charge is 0.444 e. The molecule has 6 heterocycles. The predicted octanol–water partition coefficient (Wildman–Crippen LogP) is 5.23. The van der Waals surface area contributed by atoms with Gasteiger partial charge in [-0.05, 0) is 134 Å². The monoisotopic (exact) mass is 715 g/mol. The average Bonchev–Trinajstić information content (AvgIpc) is 3.93. The Morgan fingerprint density at radius 1 is 0.904 bits per heavy atom. The summed E-state index contributed by atoms with van der Waals surface area (Å²) in [7, 11) is 0. The normalized spacial score (nSPS) is 27.1. The lowest BCUT2D eigenvalue weighted by Crippen LogP contribution is -2.49. The average molecular weight is 716 g/mol. The van der Waals surface area contributed by atoms with Gasteiger partial charge in [-0.3, -0.25) is 4.79 Å². The van der Waals surface area contributed by atoms with Crippen LogP contribution in [-0.2, 0) is 4.74 Å². The number of benzene rings is 1. The number of hydrogen-bond donors (Lipinski definition) is 4. The first kappa shape index (κ1) is 36.9. The third-order valence-corrected chi connectivity index (χ3v) is 12.4. The van der Waals surface area contributed by atoms with E-state index in [-0.39, 0.29) is 11.8 Å². The number of anilines is 3. The molecule has 0 spiro atoms. The van der Waals surface area contributed by atoms with Gasteiger partial charge in [0.15, 0.2) is 11.5 Å². The number of rotatable bonds is 6. The molecule has 6 aliphatic rings. The number of fused-ring (bicyclic) bond motifs is 2. The maximum absolute atomic E-state index is 12.1. The van der Waals surface area contributed by atoms with Gasteiger partial charge in [0.25, 0.3) is 5.91 Å². The molecule has 1 aromatic heterocycles. The molecule has 284 valence electrons. The summed E-state index contributed by atoms with van der Waals surface area (Å²) in [6.07, 6.45) is 14.3. The van der Waals surface area contributed by atoms with Crippen LogP contribution in [0.4, 0.5) is 22.1 Å². The molecule has 5 aliphatic heterocycles. The Morgan fingerprint density at radius 2 is 1.63 bits per heavy atom. The summed E-state index contributed by atoms with van der Waals surface area (Å²) in [5.74, 6) is 2.70. The van der Waals surface area contributed by atoms with Crippen LogP contribution in [0.2, 0.25) is 0 Å². The lowest BCUT2D eigenvalue weighted by Gasteiger charge is -2.36. The summed E-state index contributed by atoms with van der Waals surface area (Å²) >= 11 is 0. The number of primary amides is 1. The van der Waals surface area contributed by atoms with Crippen LogP contribution >= 0.6 is 0 Å². The van der Waals surface area contributed by atoms with Gasteiger partial charge in [-0.15, -0.1) is 0 Å². The molecule has 5 N–H and O–H groups in total. The first-order valence-electron chi connectivity index (χ1n) is 20.1. The lowest BCUT2D eigenvalue weighted by molar-refractivity contribution is 0.0194. The number of carbonyl (C=O) groups is 2. The van der Waals surface area contributed by atoms with Gasteiger partial charge < -0.3 is 41.1 Å². The van der Waals surface area contributed by atoms with E-state index in [9.17, 15) is 9.59 Å². The fraction of sp³-hybridized carbons (Fsp3) is 0.700. The molecule has 12 nitrogen and oxygen atoms in total. The highest BCUT2D eigenvalue weighted by molar-refractivity contribution is 5.96. The number of carbonyl (C=O) groups excluding carboxylic acids is 2. The molecule has 12 heteroatoms. The summed E-state index contributed by atoms with van der Waals surface area (Å²) in [5, 5.41) is 10.3. The van der Waals surface area contributed by atoms with Crippen LogP contribution in [0.15, 0.2) is 30.5 Å². The van der Waals surface area contributed by atoms with Gasteiger partial charge in [0.2, 0.25) is 0 Å². The Balaban J connectivity index is 0.000000220. The van der Waals surface area contributed by atoms with E-state index in [1.165, 1.54) is 70.0 Å². The number of amides is 2. The molecule has 0 unspecified atom stereocenters. The highest BCUT2D eigenvalue weighted by atomic mass is 16.6. The summed E-state index contributed by atoms with van der Waals surface area (Å²) in [6, 6.07) is 10.3. The number of likely N-dealkylation sites (tertiary alicyclic amines) is 2. The van der Waals surface area contributed by atoms with Crippen molar-refractivity contribution in [3.8, 4) is 0 Å². The molecule has 2 aromatic rings. The second-order valence-electron chi connectivity index (χ2n) is 16.9. The minimum absolute atomic E-state index is 0.149. The zero-order chi connectivity index (χ0) is 36.2. The number of nitrogens with two attached hydrogens (primary N) is 1. The van der Waals surface area contributed by atoms with Gasteiger partial charge in [-0.2, -0.15) is 0 Å². The number of aromatic nitrogens is 2. The van der Waals surface area contributed by atoms with E-state index < -0.39 is 11.5 Å². The molecule has 1 aliphatic carbocycles. The zero-order valence-corrected chi connectivity index (χ0v) is 31.6. The van der Waals surface area contributed by atoms with E-state index in [2.05, 4.69) is 55.0 Å². The number of hydrogen-bond acceptors (Lipinski definition) is 10. The van der Waals surface area contributed by atoms with Crippen molar-refractivity contribution >= 4 is 29.3 Å². The third kappa shape index (κ3) is 8.82. The number of nitrogens with zero attached hydrogens (tertiary/aromatic N) is 5.